The van der Waals surface area contributed by atoms with Gasteiger partial charge in [0.1, 0.15) is 17.1 Å². The van der Waals surface area contributed by atoms with E-state index >= 15 is 0 Å². The van der Waals surface area contributed by atoms with Crippen molar-refractivity contribution in [1.29, 1.82) is 0 Å². The summed E-state index contributed by atoms with van der Waals surface area (Å²) in [5.41, 5.74) is 1.34. The molecule has 1 aliphatic carbocycles. The Morgan fingerprint density at radius 2 is 1.88 bits per heavy atom. The molecule has 124 valence electrons. The Morgan fingerprint density at radius 3 is 2.60 bits per heavy atom. The summed E-state index contributed by atoms with van der Waals surface area (Å²) in [5, 5.41) is 2.74. The molecule has 0 radical (unpaired) electrons. The van der Waals surface area contributed by atoms with Gasteiger partial charge in [-0.3, -0.25) is 19.7 Å². The van der Waals surface area contributed by atoms with Crippen LogP contribution in [0.1, 0.15) is 12.8 Å². The van der Waals surface area contributed by atoms with Crippen LogP contribution in [-0.4, -0.2) is 30.8 Å². The Balaban J connectivity index is 1.80. The van der Waals surface area contributed by atoms with E-state index in [9.17, 15) is 9.18 Å². The number of nitrogens with one attached hydrogen (secondary N) is 1. The highest BCUT2D eigenvalue weighted by Crippen LogP contribution is 2.32. The molecule has 0 unspecified atom stereocenters. The molecule has 3 heterocycles. The van der Waals surface area contributed by atoms with Crippen molar-refractivity contribution < 1.29 is 9.18 Å². The molecule has 3 aromatic rings. The highest BCUT2D eigenvalue weighted by Gasteiger charge is 2.30. The summed E-state index contributed by atoms with van der Waals surface area (Å²) in [6, 6.07) is 1.52. The average molecular weight is 336 g/mol. The normalized spacial score (nSPS) is 13.5. The molecule has 0 aliphatic heterocycles. The Hall–Kier alpha value is -3.29. The summed E-state index contributed by atoms with van der Waals surface area (Å²) in [5.74, 6) is -0.256. The van der Waals surface area contributed by atoms with Crippen molar-refractivity contribution in [2.24, 2.45) is 5.92 Å². The molecule has 0 spiro atoms. The summed E-state index contributed by atoms with van der Waals surface area (Å²) in [4.78, 5) is 32.7. The lowest BCUT2D eigenvalue weighted by molar-refractivity contribution is -0.117. The van der Waals surface area contributed by atoms with Crippen molar-refractivity contribution in [3.8, 4) is 22.6 Å². The number of aromatic nitrogens is 5. The van der Waals surface area contributed by atoms with Gasteiger partial charge in [0.25, 0.3) is 0 Å². The number of halogens is 1. The van der Waals surface area contributed by atoms with Crippen LogP contribution < -0.4 is 5.32 Å². The summed E-state index contributed by atoms with van der Waals surface area (Å²) in [7, 11) is 0. The van der Waals surface area contributed by atoms with Crippen molar-refractivity contribution in [1.82, 2.24) is 24.9 Å². The smallest absolute Gasteiger partial charge is 0.228 e. The number of carbonyl (C=O) groups is 1. The fourth-order valence-corrected chi connectivity index (χ4v) is 2.39. The SMILES string of the molecule is O=C(Nc1cnc(-c2ccncc2F)c(-c2cnccn2)n1)C1CC1. The van der Waals surface area contributed by atoms with Gasteiger partial charge >= 0.3 is 0 Å². The number of nitrogens with zero attached hydrogens (tertiary/aromatic N) is 5. The van der Waals surface area contributed by atoms with Crippen LogP contribution >= 0.6 is 0 Å². The van der Waals surface area contributed by atoms with Crippen LogP contribution in [0, 0.1) is 11.7 Å². The van der Waals surface area contributed by atoms with Crippen LogP contribution in [0.3, 0.4) is 0 Å². The lowest BCUT2D eigenvalue weighted by Gasteiger charge is -2.10. The van der Waals surface area contributed by atoms with E-state index in [0.717, 1.165) is 19.0 Å². The Morgan fingerprint density at radius 1 is 1.04 bits per heavy atom. The molecule has 7 nitrogen and oxygen atoms in total. The number of hydrogen-bond acceptors (Lipinski definition) is 6. The first kappa shape index (κ1) is 15.3. The first-order chi connectivity index (χ1) is 12.2. The number of carbonyl (C=O) groups excluding carboxylic acids is 1. The summed E-state index contributed by atoms with van der Waals surface area (Å²) in [6.07, 6.45) is 10.3. The minimum absolute atomic E-state index is 0.0408. The molecule has 3 aromatic heterocycles. The fourth-order valence-electron chi connectivity index (χ4n) is 2.39. The van der Waals surface area contributed by atoms with E-state index in [0.29, 0.717) is 22.9 Å². The monoisotopic (exact) mass is 336 g/mol. The van der Waals surface area contributed by atoms with Gasteiger partial charge in [-0.1, -0.05) is 0 Å². The zero-order valence-electron chi connectivity index (χ0n) is 13.1. The Labute approximate surface area is 142 Å². The molecular formula is C17H13FN6O. The number of pyridine rings is 1. The Kier molecular flexibility index (Phi) is 3.85. The van der Waals surface area contributed by atoms with E-state index < -0.39 is 5.82 Å². The summed E-state index contributed by atoms with van der Waals surface area (Å²) in [6.45, 7) is 0. The van der Waals surface area contributed by atoms with E-state index in [1.807, 2.05) is 0 Å². The molecule has 1 amide bonds. The molecule has 4 rings (SSSR count). The van der Waals surface area contributed by atoms with Crippen molar-refractivity contribution in [3.63, 3.8) is 0 Å². The molecule has 1 aliphatic rings. The predicted molar refractivity (Wildman–Crippen MR) is 87.6 cm³/mol. The zero-order chi connectivity index (χ0) is 17.2. The van der Waals surface area contributed by atoms with Gasteiger partial charge < -0.3 is 5.32 Å². The maximum atomic E-state index is 14.2. The molecule has 1 N–H and O–H groups in total. The van der Waals surface area contributed by atoms with Crippen molar-refractivity contribution in [3.05, 3.63) is 49.1 Å². The third-order valence-corrected chi connectivity index (χ3v) is 3.81. The first-order valence-corrected chi connectivity index (χ1v) is 7.76. The number of anilines is 1. The maximum absolute atomic E-state index is 14.2. The summed E-state index contributed by atoms with van der Waals surface area (Å²) >= 11 is 0. The number of rotatable bonds is 4. The van der Waals surface area contributed by atoms with E-state index in [1.165, 1.54) is 37.1 Å². The van der Waals surface area contributed by atoms with Crippen LogP contribution in [0.4, 0.5) is 10.2 Å². The number of hydrogen-bond donors (Lipinski definition) is 1. The minimum atomic E-state index is -0.517. The second-order valence-electron chi connectivity index (χ2n) is 5.66. The second-order valence-corrected chi connectivity index (χ2v) is 5.66. The van der Waals surface area contributed by atoms with Gasteiger partial charge in [0, 0.05) is 30.1 Å². The molecule has 0 atom stereocenters. The van der Waals surface area contributed by atoms with Crippen LogP contribution in [0.25, 0.3) is 22.6 Å². The zero-order valence-corrected chi connectivity index (χ0v) is 13.1. The quantitative estimate of drug-likeness (QED) is 0.787. The topological polar surface area (TPSA) is 93.6 Å². The van der Waals surface area contributed by atoms with Gasteiger partial charge in [-0.15, -0.1) is 0 Å². The third-order valence-electron chi connectivity index (χ3n) is 3.81. The molecule has 8 heteroatoms. The van der Waals surface area contributed by atoms with Gasteiger partial charge in [-0.05, 0) is 18.9 Å². The molecule has 0 saturated heterocycles. The van der Waals surface area contributed by atoms with Crippen molar-refractivity contribution in [2.45, 2.75) is 12.8 Å². The molecular weight excluding hydrogens is 323 g/mol. The van der Waals surface area contributed by atoms with E-state index in [4.69, 9.17) is 0 Å². The summed E-state index contributed by atoms with van der Waals surface area (Å²) < 4.78 is 14.2. The molecule has 0 bridgehead atoms. The van der Waals surface area contributed by atoms with Crippen LogP contribution in [0.15, 0.2) is 43.2 Å². The molecule has 25 heavy (non-hydrogen) atoms. The number of amides is 1. The van der Waals surface area contributed by atoms with Crippen LogP contribution in [-0.2, 0) is 4.79 Å². The van der Waals surface area contributed by atoms with Gasteiger partial charge in [0.05, 0.1) is 18.6 Å². The van der Waals surface area contributed by atoms with Gasteiger partial charge in [0.2, 0.25) is 5.91 Å². The van der Waals surface area contributed by atoms with Crippen molar-refractivity contribution >= 4 is 11.7 Å². The fraction of sp³-hybridized carbons (Fsp3) is 0.176. The largest absolute Gasteiger partial charge is 0.309 e. The van der Waals surface area contributed by atoms with Crippen LogP contribution in [0.2, 0.25) is 0 Å². The molecule has 1 fully saturated rings. The Bertz CT molecular complexity index is 929. The van der Waals surface area contributed by atoms with E-state index in [-0.39, 0.29) is 17.4 Å². The minimum Gasteiger partial charge on any atom is -0.309 e. The third kappa shape index (κ3) is 3.18. The van der Waals surface area contributed by atoms with Crippen LogP contribution in [0.5, 0.6) is 0 Å². The lowest BCUT2D eigenvalue weighted by Crippen LogP contribution is -2.15. The van der Waals surface area contributed by atoms with Gasteiger partial charge in [0.15, 0.2) is 11.6 Å². The molecule has 1 saturated carbocycles. The maximum Gasteiger partial charge on any atom is 0.228 e. The van der Waals surface area contributed by atoms with E-state index in [2.05, 4.69) is 30.2 Å². The lowest BCUT2D eigenvalue weighted by atomic mass is 10.1. The highest BCUT2D eigenvalue weighted by molar-refractivity contribution is 5.93. The standard InChI is InChI=1S/C17H13FN6O/c18-12-7-19-4-3-11(12)15-16(13-8-20-5-6-21-13)23-14(9-22-15)24-17(25)10-1-2-10/h3-10H,1-2H2,(H,23,24,25). The average Bonchev–Trinajstić information content (AvgIpc) is 3.48. The van der Waals surface area contributed by atoms with E-state index in [1.54, 1.807) is 0 Å². The second kappa shape index (κ2) is 6.31. The highest BCUT2D eigenvalue weighted by atomic mass is 19.1. The predicted octanol–water partition coefficient (Wildman–Crippen LogP) is 2.48. The van der Waals surface area contributed by atoms with Crippen molar-refractivity contribution in [2.75, 3.05) is 5.32 Å². The van der Waals surface area contributed by atoms with Gasteiger partial charge in [-0.2, -0.15) is 0 Å². The first-order valence-electron chi connectivity index (χ1n) is 7.76. The molecule has 0 aromatic carbocycles. The van der Waals surface area contributed by atoms with Gasteiger partial charge in [-0.25, -0.2) is 14.4 Å².